The molecule has 2 aliphatic rings. The highest BCUT2D eigenvalue weighted by Crippen LogP contribution is 2.48. The van der Waals surface area contributed by atoms with E-state index in [1.807, 2.05) is 18.2 Å². The van der Waals surface area contributed by atoms with Crippen LogP contribution in [0.4, 0.5) is 0 Å². The van der Waals surface area contributed by atoms with Gasteiger partial charge in [0.15, 0.2) is 16.0 Å². The summed E-state index contributed by atoms with van der Waals surface area (Å²) in [5, 5.41) is 4.39. The Balaban J connectivity index is 1.42. The van der Waals surface area contributed by atoms with Crippen LogP contribution in [0.15, 0.2) is 48.8 Å². The van der Waals surface area contributed by atoms with E-state index in [9.17, 15) is 13.8 Å². The van der Waals surface area contributed by atoms with E-state index >= 15 is 0 Å². The maximum atomic E-state index is 12.4. The molecule has 1 aromatic heterocycles. The summed E-state index contributed by atoms with van der Waals surface area (Å²) < 4.78 is 15.4. The van der Waals surface area contributed by atoms with Gasteiger partial charge in [-0.2, -0.15) is 5.10 Å². The molecule has 0 saturated heterocycles. The third-order valence-corrected chi connectivity index (χ3v) is 5.38. The van der Waals surface area contributed by atoms with Gasteiger partial charge in [0.1, 0.15) is 5.78 Å². The van der Waals surface area contributed by atoms with E-state index in [-0.39, 0.29) is 16.7 Å². The smallest absolute Gasteiger partial charge is 0.258 e. The maximum absolute atomic E-state index is 12.4. The van der Waals surface area contributed by atoms with Gasteiger partial charge < -0.3 is 0 Å². The van der Waals surface area contributed by atoms with Crippen molar-refractivity contribution in [3.05, 3.63) is 59.9 Å². The zero-order valence-electron chi connectivity index (χ0n) is 12.7. The number of hydrogen-bond acceptors (Lipinski definition) is 4. The molecule has 2 aromatic rings. The molecule has 6 nitrogen and oxygen atoms in total. The minimum atomic E-state index is -1.59. The van der Waals surface area contributed by atoms with Gasteiger partial charge in [0.2, 0.25) is 0 Å². The summed E-state index contributed by atoms with van der Waals surface area (Å²) in [5.41, 5.74) is 1.97. The molecular weight excluding hydrogens is 326 g/mol. The summed E-state index contributed by atoms with van der Waals surface area (Å²) in [4.78, 5) is 23.6. The molecule has 0 radical (unpaired) electrons. The van der Waals surface area contributed by atoms with Gasteiger partial charge >= 0.3 is 0 Å². The van der Waals surface area contributed by atoms with Crippen molar-refractivity contribution in [2.24, 2.45) is 5.92 Å². The second-order valence-electron chi connectivity index (χ2n) is 6.01. The molecule has 1 aliphatic heterocycles. The Bertz CT molecular complexity index is 872. The van der Waals surface area contributed by atoms with Crippen LogP contribution in [0.3, 0.4) is 0 Å². The van der Waals surface area contributed by atoms with Crippen LogP contribution in [-0.2, 0) is 27.0 Å². The number of hydrogen-bond donors (Lipinski definition) is 1. The average Bonchev–Trinajstić information content (AvgIpc) is 3.14. The molecule has 1 aromatic carbocycles. The lowest BCUT2D eigenvalue weighted by molar-refractivity contribution is -0.119. The van der Waals surface area contributed by atoms with Crippen LogP contribution in [0.5, 0.6) is 0 Å². The number of ketones is 1. The van der Waals surface area contributed by atoms with Gasteiger partial charge in [0.25, 0.3) is 5.91 Å². The van der Waals surface area contributed by atoms with Crippen LogP contribution in [0, 0.1) is 5.92 Å². The Labute approximate surface area is 141 Å². The van der Waals surface area contributed by atoms with Gasteiger partial charge in [-0.1, -0.05) is 30.3 Å². The van der Waals surface area contributed by atoms with Gasteiger partial charge in [0.05, 0.1) is 6.20 Å². The first-order chi connectivity index (χ1) is 11.6. The molecule has 7 heteroatoms. The quantitative estimate of drug-likeness (QED) is 0.891. The fraction of sp³-hybridized carbons (Fsp3) is 0.235. The molecule has 1 unspecified atom stereocenters. The molecule has 1 saturated carbocycles. The molecule has 24 heavy (non-hydrogen) atoms. The molecule has 4 rings (SSSR count). The van der Waals surface area contributed by atoms with Crippen molar-refractivity contribution < 1.29 is 13.8 Å². The number of carbonyl (C=O) groups is 2. The van der Waals surface area contributed by atoms with Crippen LogP contribution >= 0.6 is 0 Å². The lowest BCUT2D eigenvalue weighted by atomic mass is 10.0. The van der Waals surface area contributed by atoms with E-state index in [0.29, 0.717) is 12.3 Å². The lowest BCUT2D eigenvalue weighted by Gasteiger charge is -2.00. The van der Waals surface area contributed by atoms with Crippen LogP contribution in [0.1, 0.15) is 23.5 Å². The zero-order valence-corrected chi connectivity index (χ0v) is 13.5. The van der Waals surface area contributed by atoms with E-state index < -0.39 is 16.9 Å². The van der Waals surface area contributed by atoms with Crippen molar-refractivity contribution in [1.29, 1.82) is 0 Å². The van der Waals surface area contributed by atoms with Crippen LogP contribution in [0.2, 0.25) is 0 Å². The number of Topliss-reactive ketones (excluding diaryl/α,β-unsaturated/α-hetero) is 1. The van der Waals surface area contributed by atoms with Crippen molar-refractivity contribution >= 4 is 27.7 Å². The first-order valence-corrected chi connectivity index (χ1v) is 8.82. The molecule has 1 fully saturated rings. The Hall–Kier alpha value is -2.54. The third kappa shape index (κ3) is 2.82. The molecule has 1 aliphatic carbocycles. The fourth-order valence-electron chi connectivity index (χ4n) is 3.01. The molecule has 1 N–H and O–H groups in total. The van der Waals surface area contributed by atoms with E-state index in [2.05, 4.69) is 22.0 Å². The molecular formula is C17H15N3O3S. The molecule has 1 amide bonds. The highest BCUT2D eigenvalue weighted by Gasteiger charge is 2.43. The van der Waals surface area contributed by atoms with Crippen molar-refractivity contribution in [3.63, 3.8) is 0 Å². The second-order valence-corrected chi connectivity index (χ2v) is 7.17. The summed E-state index contributed by atoms with van der Waals surface area (Å²) in [6.45, 7) is 0. The lowest BCUT2D eigenvalue weighted by Crippen LogP contribution is -2.17. The number of nitrogens with one attached hydrogen (secondary N) is 1. The predicted octanol–water partition coefficient (Wildman–Crippen LogP) is 1.39. The largest absolute Gasteiger partial charge is 0.299 e. The summed E-state index contributed by atoms with van der Waals surface area (Å²) in [7, 11) is -1.59. The van der Waals surface area contributed by atoms with Crippen molar-refractivity contribution in [2.75, 3.05) is 0 Å². The number of amides is 1. The van der Waals surface area contributed by atoms with Crippen LogP contribution < -0.4 is 4.72 Å². The number of nitrogens with zero attached hydrogens (tertiary/aromatic N) is 2. The molecule has 0 bridgehead atoms. The molecule has 2 heterocycles. The number of rotatable bonds is 5. The number of carbonyl (C=O) groups excluding carboxylic acids is 2. The SMILES string of the molecule is O=C1C=C(n2cc(CC(=O)[C@H]3C[C@@H]3c3ccccc3)cn2)S(=O)N1. The van der Waals surface area contributed by atoms with E-state index in [0.717, 1.165) is 12.0 Å². The minimum absolute atomic E-state index is 0.0684. The highest BCUT2D eigenvalue weighted by atomic mass is 32.2. The summed E-state index contributed by atoms with van der Waals surface area (Å²) >= 11 is 0. The van der Waals surface area contributed by atoms with Crippen molar-refractivity contribution in [1.82, 2.24) is 14.5 Å². The second kappa shape index (κ2) is 5.83. The van der Waals surface area contributed by atoms with Gasteiger partial charge in [-0.05, 0) is 23.5 Å². The third-order valence-electron chi connectivity index (χ3n) is 4.31. The molecule has 122 valence electrons. The van der Waals surface area contributed by atoms with Crippen molar-refractivity contribution in [3.8, 4) is 0 Å². The van der Waals surface area contributed by atoms with Crippen molar-refractivity contribution in [2.45, 2.75) is 18.8 Å². The Kier molecular flexibility index (Phi) is 3.65. The summed E-state index contributed by atoms with van der Waals surface area (Å²) in [6.07, 6.45) is 5.68. The van der Waals surface area contributed by atoms with Gasteiger partial charge in [0, 0.05) is 24.6 Å². The maximum Gasteiger partial charge on any atom is 0.258 e. The molecule has 3 atom stereocenters. The van der Waals surface area contributed by atoms with Gasteiger partial charge in [-0.25, -0.2) is 8.89 Å². The number of benzene rings is 1. The van der Waals surface area contributed by atoms with E-state index in [1.165, 1.54) is 16.3 Å². The van der Waals surface area contributed by atoms with Crippen LogP contribution in [-0.4, -0.2) is 25.7 Å². The van der Waals surface area contributed by atoms with E-state index in [4.69, 9.17) is 0 Å². The number of aromatic nitrogens is 2. The summed E-state index contributed by atoms with van der Waals surface area (Å²) in [6, 6.07) is 10.1. The first kappa shape index (κ1) is 15.0. The predicted molar refractivity (Wildman–Crippen MR) is 88.8 cm³/mol. The standard InChI is InChI=1S/C17H15N3O3S/c21-15(14-7-13(14)12-4-2-1-3-5-12)6-11-9-18-20(10-11)17-8-16(22)19-24(17)23/h1-5,8-10,13-14H,6-7H2,(H,19,22)/t13-,14+,24?/m1/s1. The average molecular weight is 341 g/mol. The Morgan fingerprint density at radius 1 is 1.33 bits per heavy atom. The van der Waals surface area contributed by atoms with Gasteiger partial charge in [-0.3, -0.25) is 14.3 Å². The highest BCUT2D eigenvalue weighted by molar-refractivity contribution is 7.93. The molecule has 0 spiro atoms. The fourth-order valence-corrected chi connectivity index (χ4v) is 3.84. The summed E-state index contributed by atoms with van der Waals surface area (Å²) in [5.74, 6) is 0.179. The zero-order chi connectivity index (χ0) is 16.7. The Morgan fingerprint density at radius 3 is 2.83 bits per heavy atom. The van der Waals surface area contributed by atoms with E-state index in [1.54, 1.807) is 12.4 Å². The minimum Gasteiger partial charge on any atom is -0.299 e. The normalized spacial score (nSPS) is 25.2. The van der Waals surface area contributed by atoms with Gasteiger partial charge in [-0.15, -0.1) is 0 Å². The Morgan fingerprint density at radius 2 is 2.12 bits per heavy atom. The topological polar surface area (TPSA) is 81.1 Å². The van der Waals surface area contributed by atoms with Crippen LogP contribution in [0.25, 0.3) is 5.03 Å². The first-order valence-electron chi connectivity index (χ1n) is 7.67. The monoisotopic (exact) mass is 341 g/mol.